The summed E-state index contributed by atoms with van der Waals surface area (Å²) in [6.07, 6.45) is 3.67. The zero-order valence-corrected chi connectivity index (χ0v) is 17.2. The number of allylic oxidation sites excluding steroid dienone is 2. The Morgan fingerprint density at radius 1 is 1.10 bits per heavy atom. The molecule has 2 aliphatic carbocycles. The number of nitriles is 1. The first-order valence-corrected chi connectivity index (χ1v) is 10.4. The Bertz CT molecular complexity index is 1200. The van der Waals surface area contributed by atoms with Crippen molar-refractivity contribution < 1.29 is 4.79 Å². The topological polar surface area (TPSA) is 58.7 Å². The first-order valence-electron chi connectivity index (χ1n) is 10.4. The molecule has 4 heteroatoms. The van der Waals surface area contributed by atoms with Gasteiger partial charge < -0.3 is 0 Å². The molecule has 0 radical (unpaired) electrons. The van der Waals surface area contributed by atoms with Gasteiger partial charge in [0.2, 0.25) is 0 Å². The predicted octanol–water partition coefficient (Wildman–Crippen LogP) is 5.03. The number of ketones is 1. The second-order valence-electron chi connectivity index (χ2n) is 8.54. The molecule has 0 saturated heterocycles. The minimum Gasteiger partial charge on any atom is -0.293 e. The summed E-state index contributed by atoms with van der Waals surface area (Å²) in [5, 5.41) is 14.7. The summed E-state index contributed by atoms with van der Waals surface area (Å²) in [5.41, 5.74) is 5.29. The van der Waals surface area contributed by atoms with E-state index in [1.54, 1.807) is 0 Å². The molecular weight excluding hydrogens is 370 g/mol. The molecular formula is C26H23N3O. The Morgan fingerprint density at radius 3 is 2.43 bits per heavy atom. The van der Waals surface area contributed by atoms with E-state index >= 15 is 0 Å². The Balaban J connectivity index is 1.80. The van der Waals surface area contributed by atoms with Crippen LogP contribution in [0.1, 0.15) is 31.5 Å². The van der Waals surface area contributed by atoms with E-state index < -0.39 is 5.41 Å². The number of fused-ring (bicyclic) bond motifs is 3. The van der Waals surface area contributed by atoms with Crippen LogP contribution in [0.2, 0.25) is 0 Å². The van der Waals surface area contributed by atoms with E-state index in [9.17, 15) is 10.1 Å². The molecule has 0 aliphatic heterocycles. The highest BCUT2D eigenvalue weighted by Crippen LogP contribution is 2.51. The summed E-state index contributed by atoms with van der Waals surface area (Å²) < 4.78 is 2.04. The third kappa shape index (κ3) is 2.59. The quantitative estimate of drug-likeness (QED) is 0.614. The van der Waals surface area contributed by atoms with Crippen LogP contribution < -0.4 is 0 Å². The van der Waals surface area contributed by atoms with Gasteiger partial charge in [-0.15, -0.1) is 0 Å². The smallest absolute Gasteiger partial charge is 0.176 e. The number of carbonyl (C=O) groups excluding carboxylic acids is 1. The molecule has 0 bridgehead atoms. The monoisotopic (exact) mass is 393 g/mol. The number of hydrogen-bond donors (Lipinski definition) is 0. The SMILES string of the molecule is C[C@H]1C(=O)C(C#N)=C[C@@]2(C)c3nn(-c4ccccc4)c(-c4ccccc4)c3CC[C@H]12. The lowest BCUT2D eigenvalue weighted by molar-refractivity contribution is -0.121. The van der Waals surface area contributed by atoms with Crippen molar-refractivity contribution in [3.05, 3.63) is 83.6 Å². The molecule has 148 valence electrons. The Kier molecular flexibility index (Phi) is 4.22. The lowest BCUT2D eigenvalue weighted by Gasteiger charge is -2.44. The molecule has 2 aromatic carbocycles. The van der Waals surface area contributed by atoms with Crippen LogP contribution in [0.5, 0.6) is 0 Å². The van der Waals surface area contributed by atoms with Crippen LogP contribution in [0, 0.1) is 23.2 Å². The second-order valence-corrected chi connectivity index (χ2v) is 8.54. The van der Waals surface area contributed by atoms with Gasteiger partial charge in [0, 0.05) is 22.5 Å². The van der Waals surface area contributed by atoms with Gasteiger partial charge in [0.15, 0.2) is 5.78 Å². The summed E-state index contributed by atoms with van der Waals surface area (Å²) in [5.74, 6) is -0.0589. The van der Waals surface area contributed by atoms with Crippen molar-refractivity contribution in [3.63, 3.8) is 0 Å². The number of aromatic nitrogens is 2. The van der Waals surface area contributed by atoms with E-state index in [2.05, 4.69) is 37.3 Å². The van der Waals surface area contributed by atoms with Gasteiger partial charge >= 0.3 is 0 Å². The number of hydrogen-bond acceptors (Lipinski definition) is 3. The van der Waals surface area contributed by atoms with Gasteiger partial charge in [-0.25, -0.2) is 4.68 Å². The fourth-order valence-corrected chi connectivity index (χ4v) is 5.37. The molecule has 0 amide bonds. The van der Waals surface area contributed by atoms with Crippen molar-refractivity contribution in [2.24, 2.45) is 11.8 Å². The van der Waals surface area contributed by atoms with Crippen LogP contribution in [0.4, 0.5) is 0 Å². The molecule has 2 aliphatic rings. The predicted molar refractivity (Wildman–Crippen MR) is 116 cm³/mol. The van der Waals surface area contributed by atoms with Gasteiger partial charge in [-0.1, -0.05) is 68.5 Å². The highest BCUT2D eigenvalue weighted by molar-refractivity contribution is 6.02. The van der Waals surface area contributed by atoms with Crippen molar-refractivity contribution >= 4 is 5.78 Å². The average Bonchev–Trinajstić information content (AvgIpc) is 3.18. The summed E-state index contributed by atoms with van der Waals surface area (Å²) in [7, 11) is 0. The molecule has 3 atom stereocenters. The number of para-hydroxylation sites is 1. The Hall–Kier alpha value is -3.45. The first-order chi connectivity index (χ1) is 14.5. The molecule has 1 aromatic heterocycles. The molecule has 0 N–H and O–H groups in total. The first kappa shape index (κ1) is 18.6. The van der Waals surface area contributed by atoms with Gasteiger partial charge in [-0.3, -0.25) is 4.79 Å². The van der Waals surface area contributed by atoms with Crippen LogP contribution in [0.3, 0.4) is 0 Å². The fourth-order valence-electron chi connectivity index (χ4n) is 5.37. The van der Waals surface area contributed by atoms with E-state index in [0.29, 0.717) is 0 Å². The van der Waals surface area contributed by atoms with E-state index in [-0.39, 0.29) is 23.2 Å². The second kappa shape index (κ2) is 6.81. The number of carbonyl (C=O) groups is 1. The van der Waals surface area contributed by atoms with Gasteiger partial charge in [-0.05, 0) is 30.9 Å². The molecule has 5 rings (SSSR count). The lowest BCUT2D eigenvalue weighted by Crippen LogP contribution is -2.45. The van der Waals surface area contributed by atoms with Crippen molar-refractivity contribution in [1.82, 2.24) is 9.78 Å². The van der Waals surface area contributed by atoms with Crippen LogP contribution in [0.25, 0.3) is 16.9 Å². The molecule has 0 unspecified atom stereocenters. The van der Waals surface area contributed by atoms with Crippen molar-refractivity contribution in [2.75, 3.05) is 0 Å². The summed E-state index contributed by atoms with van der Waals surface area (Å²) in [6.45, 7) is 4.11. The largest absolute Gasteiger partial charge is 0.293 e. The van der Waals surface area contributed by atoms with Crippen molar-refractivity contribution in [2.45, 2.75) is 32.1 Å². The summed E-state index contributed by atoms with van der Waals surface area (Å²) in [6, 6.07) is 22.7. The standard InChI is InChI=1S/C26H23N3O/c1-17-22-14-13-21-23(18-9-5-3-6-10-18)29(20-11-7-4-8-12-20)28-25(21)26(22,2)15-19(16-27)24(17)30/h3-12,15,17,22H,13-14H2,1-2H3/t17-,22-,26-/m1/s1. The molecule has 4 nitrogen and oxygen atoms in total. The number of benzene rings is 2. The number of Topliss-reactive ketones (excluding diaryl/α,β-unsaturated/α-hetero) is 1. The van der Waals surface area contributed by atoms with Crippen LogP contribution >= 0.6 is 0 Å². The number of rotatable bonds is 2. The maximum atomic E-state index is 12.7. The van der Waals surface area contributed by atoms with Gasteiger partial charge in [-0.2, -0.15) is 10.4 Å². The Labute approximate surface area is 176 Å². The Morgan fingerprint density at radius 2 is 1.77 bits per heavy atom. The van der Waals surface area contributed by atoms with Crippen LogP contribution in [-0.4, -0.2) is 15.6 Å². The highest BCUT2D eigenvalue weighted by Gasteiger charge is 2.50. The van der Waals surface area contributed by atoms with Gasteiger partial charge in [0.25, 0.3) is 0 Å². The van der Waals surface area contributed by atoms with Crippen molar-refractivity contribution in [3.8, 4) is 23.0 Å². The van der Waals surface area contributed by atoms with Crippen LogP contribution in [0.15, 0.2) is 72.3 Å². The molecule has 0 saturated carbocycles. The minimum absolute atomic E-state index is 0.0331. The molecule has 1 heterocycles. The number of nitrogens with zero attached hydrogens (tertiary/aromatic N) is 3. The van der Waals surface area contributed by atoms with E-state index in [1.807, 2.05) is 54.1 Å². The lowest BCUT2D eigenvalue weighted by atomic mass is 9.58. The van der Waals surface area contributed by atoms with E-state index in [4.69, 9.17) is 5.10 Å². The zero-order chi connectivity index (χ0) is 20.9. The third-order valence-corrected chi connectivity index (χ3v) is 6.86. The van der Waals surface area contributed by atoms with Crippen LogP contribution in [-0.2, 0) is 16.6 Å². The van der Waals surface area contributed by atoms with Crippen molar-refractivity contribution in [1.29, 1.82) is 5.26 Å². The molecule has 0 spiro atoms. The maximum absolute atomic E-state index is 12.7. The molecule has 0 fully saturated rings. The van der Waals surface area contributed by atoms with Gasteiger partial charge in [0.1, 0.15) is 6.07 Å². The van der Waals surface area contributed by atoms with E-state index in [1.165, 1.54) is 5.56 Å². The fraction of sp³-hybridized carbons (Fsp3) is 0.269. The maximum Gasteiger partial charge on any atom is 0.176 e. The summed E-state index contributed by atoms with van der Waals surface area (Å²) >= 11 is 0. The average molecular weight is 393 g/mol. The zero-order valence-electron chi connectivity index (χ0n) is 17.2. The summed E-state index contributed by atoms with van der Waals surface area (Å²) in [4.78, 5) is 12.7. The molecule has 3 aromatic rings. The highest BCUT2D eigenvalue weighted by atomic mass is 16.1. The van der Waals surface area contributed by atoms with Gasteiger partial charge in [0.05, 0.1) is 22.6 Å². The minimum atomic E-state index is -0.435. The van der Waals surface area contributed by atoms with E-state index in [0.717, 1.165) is 35.5 Å². The normalized spacial score (nSPS) is 25.1. The molecule has 30 heavy (non-hydrogen) atoms. The third-order valence-electron chi connectivity index (χ3n) is 6.86.